The lowest BCUT2D eigenvalue weighted by Gasteiger charge is -2.49. The van der Waals surface area contributed by atoms with E-state index in [4.69, 9.17) is 15.0 Å². The lowest BCUT2D eigenvalue weighted by molar-refractivity contribution is 0.0782. The third kappa shape index (κ3) is 5.26. The quantitative estimate of drug-likeness (QED) is 0.567. The van der Waals surface area contributed by atoms with Crippen molar-refractivity contribution in [3.8, 4) is 0 Å². The highest BCUT2D eigenvalue weighted by molar-refractivity contribution is 6.38. The van der Waals surface area contributed by atoms with Gasteiger partial charge in [0.05, 0.1) is 11.8 Å². The SMILES string of the molecule is CC1(C)CC(C2CCC=NC3N=C(c4cc(F)c(C5=CCCCN=C5)cc4F)C=NC32)CC(C)(C)N1. The molecule has 4 aliphatic rings. The Hall–Kier alpha value is -2.54. The summed E-state index contributed by atoms with van der Waals surface area (Å²) in [5, 5.41) is 3.77. The molecular formula is C29H37F2N5. The van der Waals surface area contributed by atoms with Crippen molar-refractivity contribution in [2.24, 2.45) is 31.8 Å². The van der Waals surface area contributed by atoms with Gasteiger partial charge in [0.1, 0.15) is 11.6 Å². The molecule has 0 saturated carbocycles. The standard InChI is InChI=1S/C29H37F2N5/c1-28(2)14-19(15-29(3,4)36-28)20-9-7-11-33-27-26(20)34-17-25(35-27)22-13-23(30)21(12-24(22)31)18-8-5-6-10-32-16-18/h8,11-13,16-17,19-20,26-27,36H,5-7,9-10,14-15H2,1-4H3. The Labute approximate surface area is 213 Å². The molecule has 1 saturated heterocycles. The van der Waals surface area contributed by atoms with Crippen LogP contribution in [0.2, 0.25) is 0 Å². The van der Waals surface area contributed by atoms with Crippen LogP contribution >= 0.6 is 0 Å². The smallest absolute Gasteiger partial charge is 0.162 e. The van der Waals surface area contributed by atoms with Gasteiger partial charge in [-0.1, -0.05) is 6.08 Å². The van der Waals surface area contributed by atoms with E-state index < -0.39 is 17.8 Å². The first-order valence-electron chi connectivity index (χ1n) is 13.2. The molecular weight excluding hydrogens is 456 g/mol. The topological polar surface area (TPSA) is 61.5 Å². The van der Waals surface area contributed by atoms with Gasteiger partial charge in [0.15, 0.2) is 6.17 Å². The number of nitrogens with one attached hydrogen (secondary N) is 1. The van der Waals surface area contributed by atoms with Crippen molar-refractivity contribution in [3.05, 3.63) is 41.0 Å². The van der Waals surface area contributed by atoms with E-state index in [1.54, 1.807) is 12.4 Å². The molecule has 0 radical (unpaired) electrons. The van der Waals surface area contributed by atoms with Gasteiger partial charge in [0.2, 0.25) is 0 Å². The first kappa shape index (κ1) is 25.1. The number of rotatable bonds is 3. The third-order valence-corrected chi connectivity index (χ3v) is 7.83. The van der Waals surface area contributed by atoms with Crippen molar-refractivity contribution in [2.45, 2.75) is 89.5 Å². The fraction of sp³-hybridized carbons (Fsp3) is 0.586. The summed E-state index contributed by atoms with van der Waals surface area (Å²) in [6.07, 6.45) is 12.5. The van der Waals surface area contributed by atoms with Crippen molar-refractivity contribution in [2.75, 3.05) is 6.54 Å². The molecule has 0 spiro atoms. The number of fused-ring (bicyclic) bond motifs is 1. The first-order valence-corrected chi connectivity index (χ1v) is 13.2. The van der Waals surface area contributed by atoms with Crippen molar-refractivity contribution in [1.82, 2.24) is 5.32 Å². The van der Waals surface area contributed by atoms with Gasteiger partial charge in [0, 0.05) is 47.4 Å². The van der Waals surface area contributed by atoms with Gasteiger partial charge in [-0.25, -0.2) is 8.78 Å². The van der Waals surface area contributed by atoms with Gasteiger partial charge in [0.25, 0.3) is 0 Å². The van der Waals surface area contributed by atoms with Crippen LogP contribution in [0.1, 0.15) is 77.3 Å². The van der Waals surface area contributed by atoms with E-state index in [0.29, 0.717) is 29.7 Å². The fourth-order valence-electron chi connectivity index (χ4n) is 6.72. The Morgan fingerprint density at radius 3 is 2.42 bits per heavy atom. The lowest BCUT2D eigenvalue weighted by atomic mass is 9.67. The summed E-state index contributed by atoms with van der Waals surface area (Å²) in [7, 11) is 0. The molecule has 7 heteroatoms. The minimum Gasteiger partial charge on any atom is -0.307 e. The molecule has 3 unspecified atom stereocenters. The number of allylic oxidation sites excluding steroid dienone is 2. The molecule has 0 amide bonds. The zero-order chi connectivity index (χ0) is 25.5. The van der Waals surface area contributed by atoms with E-state index in [1.165, 1.54) is 12.1 Å². The first-order chi connectivity index (χ1) is 17.1. The number of benzene rings is 1. The minimum atomic E-state index is -0.510. The van der Waals surface area contributed by atoms with Crippen LogP contribution in [0.5, 0.6) is 0 Å². The molecule has 0 bridgehead atoms. The van der Waals surface area contributed by atoms with Crippen LogP contribution in [0.4, 0.5) is 8.78 Å². The second-order valence-corrected chi connectivity index (χ2v) is 12.0. The van der Waals surface area contributed by atoms with Crippen LogP contribution in [-0.2, 0) is 0 Å². The molecule has 1 aromatic carbocycles. The van der Waals surface area contributed by atoms with E-state index in [2.05, 4.69) is 38.0 Å². The van der Waals surface area contributed by atoms with Crippen molar-refractivity contribution >= 4 is 29.9 Å². The maximum atomic E-state index is 15.3. The van der Waals surface area contributed by atoms with Crippen LogP contribution in [0.3, 0.4) is 0 Å². The molecule has 1 aromatic rings. The summed E-state index contributed by atoms with van der Waals surface area (Å²) in [5.41, 5.74) is 1.43. The van der Waals surface area contributed by atoms with Crippen LogP contribution in [-0.4, -0.2) is 54.2 Å². The van der Waals surface area contributed by atoms with E-state index in [-0.39, 0.29) is 28.2 Å². The second-order valence-electron chi connectivity index (χ2n) is 12.0. The highest BCUT2D eigenvalue weighted by atomic mass is 19.1. The van der Waals surface area contributed by atoms with E-state index in [9.17, 15) is 0 Å². The molecule has 5 nitrogen and oxygen atoms in total. The van der Waals surface area contributed by atoms with E-state index in [0.717, 1.165) is 38.5 Å². The highest BCUT2D eigenvalue weighted by Crippen LogP contribution is 2.42. The van der Waals surface area contributed by atoms with Crippen molar-refractivity contribution in [1.29, 1.82) is 0 Å². The van der Waals surface area contributed by atoms with Crippen molar-refractivity contribution in [3.63, 3.8) is 0 Å². The van der Waals surface area contributed by atoms with Gasteiger partial charge >= 0.3 is 0 Å². The molecule has 4 heterocycles. The number of hydrogen-bond donors (Lipinski definition) is 1. The van der Waals surface area contributed by atoms with Gasteiger partial charge < -0.3 is 5.32 Å². The Morgan fingerprint density at radius 1 is 0.917 bits per heavy atom. The summed E-state index contributed by atoms with van der Waals surface area (Å²) < 4.78 is 30.4. The largest absolute Gasteiger partial charge is 0.307 e. The predicted molar refractivity (Wildman–Crippen MR) is 145 cm³/mol. The molecule has 36 heavy (non-hydrogen) atoms. The summed E-state index contributed by atoms with van der Waals surface area (Å²) in [5.74, 6) is -0.164. The Balaban J connectivity index is 1.42. The van der Waals surface area contributed by atoms with Gasteiger partial charge in [-0.2, -0.15) is 0 Å². The Morgan fingerprint density at radius 2 is 1.64 bits per heavy atom. The number of aliphatic imine (C=N–C) groups is 4. The predicted octanol–water partition coefficient (Wildman–Crippen LogP) is 5.82. The van der Waals surface area contributed by atoms with Crippen LogP contribution < -0.4 is 5.32 Å². The van der Waals surface area contributed by atoms with Crippen LogP contribution in [0, 0.1) is 23.5 Å². The zero-order valence-electron chi connectivity index (χ0n) is 21.8. The molecule has 4 aliphatic heterocycles. The lowest BCUT2D eigenvalue weighted by Crippen LogP contribution is -2.59. The molecule has 3 atom stereocenters. The molecule has 0 aromatic heterocycles. The molecule has 1 fully saturated rings. The van der Waals surface area contributed by atoms with Gasteiger partial charge in [-0.3, -0.25) is 20.0 Å². The van der Waals surface area contributed by atoms with E-state index >= 15 is 8.78 Å². The summed E-state index contributed by atoms with van der Waals surface area (Å²) in [6.45, 7) is 9.77. The minimum absolute atomic E-state index is 0.0434. The fourth-order valence-corrected chi connectivity index (χ4v) is 6.72. The molecule has 5 rings (SSSR count). The van der Waals surface area contributed by atoms with E-state index in [1.807, 2.05) is 12.3 Å². The van der Waals surface area contributed by atoms with Crippen molar-refractivity contribution < 1.29 is 8.78 Å². The second kappa shape index (κ2) is 9.73. The number of nitrogens with zero attached hydrogens (tertiary/aromatic N) is 4. The third-order valence-electron chi connectivity index (χ3n) is 7.83. The maximum absolute atomic E-state index is 15.3. The number of piperidine rings is 1. The number of halogens is 2. The number of hydrogen-bond acceptors (Lipinski definition) is 5. The van der Waals surface area contributed by atoms with Gasteiger partial charge in [-0.15, -0.1) is 0 Å². The maximum Gasteiger partial charge on any atom is 0.162 e. The molecule has 192 valence electrons. The monoisotopic (exact) mass is 493 g/mol. The summed E-state index contributed by atoms with van der Waals surface area (Å²) in [4.78, 5) is 18.7. The summed E-state index contributed by atoms with van der Waals surface area (Å²) >= 11 is 0. The highest BCUT2D eigenvalue weighted by Gasteiger charge is 2.45. The average Bonchev–Trinajstić information content (AvgIpc) is 3.19. The Bertz CT molecular complexity index is 1140. The zero-order valence-corrected chi connectivity index (χ0v) is 21.8. The molecule has 1 N–H and O–H groups in total. The van der Waals surface area contributed by atoms with Gasteiger partial charge in [-0.05, 0) is 95.8 Å². The summed E-state index contributed by atoms with van der Waals surface area (Å²) in [6, 6.07) is 2.42. The Kier molecular flexibility index (Phi) is 6.79. The normalized spacial score (nSPS) is 29.7. The van der Waals surface area contributed by atoms with Crippen LogP contribution in [0.25, 0.3) is 5.57 Å². The average molecular weight is 494 g/mol. The van der Waals surface area contributed by atoms with Crippen LogP contribution in [0.15, 0.2) is 38.2 Å². The molecule has 0 aliphatic carbocycles.